The van der Waals surface area contributed by atoms with Crippen LogP contribution in [0.25, 0.3) is 0 Å². The molecule has 0 atom stereocenters. The summed E-state index contributed by atoms with van der Waals surface area (Å²) >= 11 is 0. The molecule has 0 fully saturated rings. The molecule has 0 unspecified atom stereocenters. The Morgan fingerprint density at radius 1 is 1.21 bits per heavy atom. The van der Waals surface area contributed by atoms with Crippen molar-refractivity contribution in [3.05, 3.63) is 70.0 Å². The molecule has 19 heavy (non-hydrogen) atoms. The highest BCUT2D eigenvalue weighted by Gasteiger charge is 2.10. The van der Waals surface area contributed by atoms with Crippen molar-refractivity contribution in [1.29, 1.82) is 0 Å². The number of halogens is 1. The fourth-order valence-corrected chi connectivity index (χ4v) is 1.49. The number of anilines is 1. The van der Waals surface area contributed by atoms with Crippen molar-refractivity contribution in [3.8, 4) is 0 Å². The molecule has 0 amide bonds. The summed E-state index contributed by atoms with van der Waals surface area (Å²) in [7, 11) is 0. The van der Waals surface area contributed by atoms with Gasteiger partial charge < -0.3 is 0 Å². The van der Waals surface area contributed by atoms with Crippen LogP contribution in [0.1, 0.15) is 5.56 Å². The number of benzene rings is 2. The minimum absolute atomic E-state index is 0.0705. The van der Waals surface area contributed by atoms with Gasteiger partial charge in [0.1, 0.15) is 11.5 Å². The van der Waals surface area contributed by atoms with Crippen molar-refractivity contribution in [2.75, 3.05) is 5.43 Å². The molecular formula is C13H10FN3O2. The molecule has 0 spiro atoms. The SMILES string of the molecule is O=[N+]([O-])c1ccccc1N/N=C\c1cccc(F)c1. The van der Waals surface area contributed by atoms with Crippen LogP contribution >= 0.6 is 0 Å². The van der Waals surface area contributed by atoms with Gasteiger partial charge >= 0.3 is 0 Å². The number of nitro benzene ring substituents is 1. The Morgan fingerprint density at radius 2 is 2.00 bits per heavy atom. The van der Waals surface area contributed by atoms with Crippen LogP contribution in [-0.4, -0.2) is 11.1 Å². The lowest BCUT2D eigenvalue weighted by Crippen LogP contribution is -1.96. The fraction of sp³-hybridized carbons (Fsp3) is 0. The second-order valence-corrected chi connectivity index (χ2v) is 3.70. The number of nitrogens with zero attached hydrogens (tertiary/aromatic N) is 2. The molecule has 0 saturated heterocycles. The van der Waals surface area contributed by atoms with Crippen LogP contribution in [0.15, 0.2) is 53.6 Å². The second-order valence-electron chi connectivity index (χ2n) is 3.70. The highest BCUT2D eigenvalue weighted by Crippen LogP contribution is 2.22. The van der Waals surface area contributed by atoms with Crippen LogP contribution in [0.2, 0.25) is 0 Å². The summed E-state index contributed by atoms with van der Waals surface area (Å²) in [5.41, 5.74) is 3.34. The molecule has 6 heteroatoms. The first-order valence-corrected chi connectivity index (χ1v) is 5.45. The van der Waals surface area contributed by atoms with E-state index in [-0.39, 0.29) is 17.2 Å². The van der Waals surface area contributed by atoms with Gasteiger partial charge in [-0.15, -0.1) is 0 Å². The smallest absolute Gasteiger partial charge is 0.272 e. The summed E-state index contributed by atoms with van der Waals surface area (Å²) in [5.74, 6) is -0.366. The summed E-state index contributed by atoms with van der Waals surface area (Å²) < 4.78 is 12.9. The van der Waals surface area contributed by atoms with Gasteiger partial charge in [0, 0.05) is 6.07 Å². The standard InChI is InChI=1S/C13H10FN3O2/c14-11-5-3-4-10(8-11)9-15-16-12-6-1-2-7-13(12)17(18)19/h1-9,16H/b15-9-. The maximum atomic E-state index is 12.9. The third-order valence-corrected chi connectivity index (χ3v) is 2.35. The number of hydrogen-bond donors (Lipinski definition) is 1. The minimum Gasteiger partial charge on any atom is -0.272 e. The maximum absolute atomic E-state index is 12.9. The van der Waals surface area contributed by atoms with Gasteiger partial charge in [-0.3, -0.25) is 15.5 Å². The Hall–Kier alpha value is -2.76. The van der Waals surface area contributed by atoms with E-state index in [1.54, 1.807) is 30.3 Å². The van der Waals surface area contributed by atoms with Crippen LogP contribution < -0.4 is 5.43 Å². The molecule has 0 aliphatic carbocycles. The maximum Gasteiger partial charge on any atom is 0.294 e. The van der Waals surface area contributed by atoms with Crippen molar-refractivity contribution in [1.82, 2.24) is 0 Å². The summed E-state index contributed by atoms with van der Waals surface area (Å²) in [4.78, 5) is 10.3. The summed E-state index contributed by atoms with van der Waals surface area (Å²) in [5, 5.41) is 14.6. The molecule has 0 aromatic heterocycles. The van der Waals surface area contributed by atoms with Gasteiger partial charge in [-0.2, -0.15) is 5.10 Å². The average molecular weight is 259 g/mol. The first-order chi connectivity index (χ1) is 9.16. The lowest BCUT2D eigenvalue weighted by molar-refractivity contribution is -0.384. The van der Waals surface area contributed by atoms with E-state index in [9.17, 15) is 14.5 Å². The molecule has 96 valence electrons. The molecule has 0 radical (unpaired) electrons. The van der Waals surface area contributed by atoms with Crippen LogP contribution in [0.4, 0.5) is 15.8 Å². The Labute approximate surface area is 108 Å². The summed E-state index contributed by atoms with van der Waals surface area (Å²) in [6, 6.07) is 12.0. The van der Waals surface area contributed by atoms with E-state index in [1.165, 1.54) is 24.4 Å². The molecule has 0 bridgehead atoms. The Kier molecular flexibility index (Phi) is 3.82. The topological polar surface area (TPSA) is 67.5 Å². The van der Waals surface area contributed by atoms with Crippen LogP contribution in [0, 0.1) is 15.9 Å². The normalized spacial score (nSPS) is 10.6. The number of hydrazone groups is 1. The van der Waals surface area contributed by atoms with E-state index < -0.39 is 4.92 Å². The van der Waals surface area contributed by atoms with E-state index in [4.69, 9.17) is 0 Å². The number of rotatable bonds is 4. The molecule has 0 aliphatic heterocycles. The van der Waals surface area contributed by atoms with Gasteiger partial charge in [0.25, 0.3) is 5.69 Å². The molecule has 5 nitrogen and oxygen atoms in total. The zero-order chi connectivity index (χ0) is 13.7. The van der Waals surface area contributed by atoms with Gasteiger partial charge in [-0.25, -0.2) is 4.39 Å². The highest BCUT2D eigenvalue weighted by molar-refractivity contribution is 5.80. The Morgan fingerprint density at radius 3 is 2.74 bits per heavy atom. The molecule has 2 aromatic rings. The van der Waals surface area contributed by atoms with Gasteiger partial charge in [0.05, 0.1) is 11.1 Å². The van der Waals surface area contributed by atoms with E-state index >= 15 is 0 Å². The quantitative estimate of drug-likeness (QED) is 0.521. The van der Waals surface area contributed by atoms with Crippen LogP contribution in [0.3, 0.4) is 0 Å². The molecule has 0 heterocycles. The average Bonchev–Trinajstić information content (AvgIpc) is 2.39. The van der Waals surface area contributed by atoms with E-state index in [2.05, 4.69) is 10.5 Å². The molecule has 0 saturated carbocycles. The minimum atomic E-state index is -0.500. The van der Waals surface area contributed by atoms with Crippen LogP contribution in [-0.2, 0) is 0 Å². The molecule has 2 rings (SSSR count). The monoisotopic (exact) mass is 259 g/mol. The van der Waals surface area contributed by atoms with Gasteiger partial charge in [-0.1, -0.05) is 24.3 Å². The van der Waals surface area contributed by atoms with Crippen molar-refractivity contribution < 1.29 is 9.31 Å². The fourth-order valence-electron chi connectivity index (χ4n) is 1.49. The second kappa shape index (κ2) is 5.72. The zero-order valence-electron chi connectivity index (χ0n) is 9.79. The van der Waals surface area contributed by atoms with Gasteiger partial charge in [-0.05, 0) is 23.8 Å². The number of nitro groups is 1. The third-order valence-electron chi connectivity index (χ3n) is 2.35. The van der Waals surface area contributed by atoms with Gasteiger partial charge in [0.15, 0.2) is 0 Å². The predicted molar refractivity (Wildman–Crippen MR) is 70.7 cm³/mol. The first kappa shape index (κ1) is 12.7. The molecular weight excluding hydrogens is 249 g/mol. The predicted octanol–water partition coefficient (Wildman–Crippen LogP) is 3.18. The Balaban J connectivity index is 2.13. The highest BCUT2D eigenvalue weighted by atomic mass is 19.1. The van der Waals surface area contributed by atoms with Crippen molar-refractivity contribution in [2.24, 2.45) is 5.10 Å². The van der Waals surface area contributed by atoms with E-state index in [0.717, 1.165) is 0 Å². The third kappa shape index (κ3) is 3.35. The lowest BCUT2D eigenvalue weighted by atomic mass is 10.2. The summed E-state index contributed by atoms with van der Waals surface area (Å²) in [6.07, 6.45) is 1.39. The summed E-state index contributed by atoms with van der Waals surface area (Å²) in [6.45, 7) is 0. The first-order valence-electron chi connectivity index (χ1n) is 5.45. The Bertz CT molecular complexity index is 629. The number of nitrogens with one attached hydrogen (secondary N) is 1. The molecule has 2 aromatic carbocycles. The van der Waals surface area contributed by atoms with Crippen molar-refractivity contribution in [3.63, 3.8) is 0 Å². The lowest BCUT2D eigenvalue weighted by Gasteiger charge is -2.00. The van der Waals surface area contributed by atoms with E-state index in [0.29, 0.717) is 5.56 Å². The zero-order valence-corrected chi connectivity index (χ0v) is 9.79. The number of hydrogen-bond acceptors (Lipinski definition) is 4. The number of para-hydroxylation sites is 2. The van der Waals surface area contributed by atoms with Gasteiger partial charge in [0.2, 0.25) is 0 Å². The molecule has 1 N–H and O–H groups in total. The van der Waals surface area contributed by atoms with Crippen molar-refractivity contribution in [2.45, 2.75) is 0 Å². The van der Waals surface area contributed by atoms with E-state index in [1.807, 2.05) is 0 Å². The van der Waals surface area contributed by atoms with Crippen molar-refractivity contribution >= 4 is 17.6 Å². The molecule has 0 aliphatic rings. The largest absolute Gasteiger partial charge is 0.294 e. The van der Waals surface area contributed by atoms with Crippen LogP contribution in [0.5, 0.6) is 0 Å².